The van der Waals surface area contributed by atoms with Crippen molar-refractivity contribution in [3.05, 3.63) is 33.9 Å². The zero-order chi connectivity index (χ0) is 13.9. The standard InChI is InChI=1S/C10H13N3O5/c11-7-3-5(13(17)18)1-2-6(7)10(16)8(14)4-9(12)15/h1-3,8,10,14,16H,4,11H2,(H2,12,15). The number of primary amides is 1. The monoisotopic (exact) mass is 255 g/mol. The van der Waals surface area contributed by atoms with Crippen LogP contribution >= 0.6 is 0 Å². The molecule has 0 aliphatic carbocycles. The molecule has 0 aromatic heterocycles. The molecule has 0 aliphatic heterocycles. The minimum Gasteiger partial charge on any atom is -0.398 e. The van der Waals surface area contributed by atoms with Crippen LogP contribution in [0, 0.1) is 10.1 Å². The van der Waals surface area contributed by atoms with Gasteiger partial charge in [-0.05, 0) is 6.07 Å². The minimum absolute atomic E-state index is 0.0415. The van der Waals surface area contributed by atoms with Crippen LogP contribution < -0.4 is 11.5 Å². The minimum atomic E-state index is -1.43. The van der Waals surface area contributed by atoms with E-state index in [1.807, 2.05) is 0 Å². The Morgan fingerprint density at radius 3 is 2.50 bits per heavy atom. The summed E-state index contributed by atoms with van der Waals surface area (Å²) in [5.41, 5.74) is 10.3. The number of anilines is 1. The van der Waals surface area contributed by atoms with Gasteiger partial charge in [0.15, 0.2) is 0 Å². The Bertz CT molecular complexity index is 477. The summed E-state index contributed by atoms with van der Waals surface area (Å²) in [7, 11) is 0. The van der Waals surface area contributed by atoms with Crippen molar-refractivity contribution >= 4 is 17.3 Å². The van der Waals surface area contributed by atoms with Gasteiger partial charge in [0.25, 0.3) is 5.69 Å². The highest BCUT2D eigenvalue weighted by Crippen LogP contribution is 2.27. The highest BCUT2D eigenvalue weighted by Gasteiger charge is 2.23. The highest BCUT2D eigenvalue weighted by atomic mass is 16.6. The molecular weight excluding hydrogens is 242 g/mol. The molecule has 2 unspecified atom stereocenters. The molecule has 8 nitrogen and oxygen atoms in total. The molecule has 1 amide bonds. The molecule has 0 radical (unpaired) electrons. The van der Waals surface area contributed by atoms with Crippen LogP contribution in [0.2, 0.25) is 0 Å². The Morgan fingerprint density at radius 1 is 1.44 bits per heavy atom. The lowest BCUT2D eigenvalue weighted by Crippen LogP contribution is -2.26. The molecule has 6 N–H and O–H groups in total. The number of hydrogen-bond acceptors (Lipinski definition) is 6. The van der Waals surface area contributed by atoms with Gasteiger partial charge in [-0.1, -0.05) is 0 Å². The summed E-state index contributed by atoms with van der Waals surface area (Å²) < 4.78 is 0. The van der Waals surface area contributed by atoms with Gasteiger partial charge >= 0.3 is 0 Å². The Balaban J connectivity index is 2.96. The first-order chi connectivity index (χ1) is 8.32. The number of benzene rings is 1. The van der Waals surface area contributed by atoms with E-state index >= 15 is 0 Å². The van der Waals surface area contributed by atoms with Crippen LogP contribution in [0.3, 0.4) is 0 Å². The van der Waals surface area contributed by atoms with Crippen molar-refractivity contribution in [3.63, 3.8) is 0 Å². The lowest BCUT2D eigenvalue weighted by Gasteiger charge is -2.18. The second-order valence-corrected chi connectivity index (χ2v) is 3.75. The maximum Gasteiger partial charge on any atom is 0.271 e. The number of aliphatic hydroxyl groups is 2. The second kappa shape index (κ2) is 5.43. The number of aliphatic hydroxyl groups excluding tert-OH is 2. The molecule has 18 heavy (non-hydrogen) atoms. The van der Waals surface area contributed by atoms with Gasteiger partial charge in [-0.25, -0.2) is 0 Å². The van der Waals surface area contributed by atoms with E-state index in [2.05, 4.69) is 0 Å². The highest BCUT2D eigenvalue weighted by molar-refractivity contribution is 5.74. The van der Waals surface area contributed by atoms with E-state index in [-0.39, 0.29) is 16.9 Å². The SMILES string of the molecule is NC(=O)CC(O)C(O)c1ccc([N+](=O)[O-])cc1N. The third-order valence-electron chi connectivity index (χ3n) is 2.37. The maximum atomic E-state index is 10.6. The summed E-state index contributed by atoms with van der Waals surface area (Å²) >= 11 is 0. The number of carbonyl (C=O) groups excluding carboxylic acids is 1. The van der Waals surface area contributed by atoms with Gasteiger partial charge in [-0.2, -0.15) is 0 Å². The number of rotatable bonds is 5. The fourth-order valence-electron chi connectivity index (χ4n) is 1.47. The smallest absolute Gasteiger partial charge is 0.271 e. The normalized spacial score (nSPS) is 13.9. The lowest BCUT2D eigenvalue weighted by molar-refractivity contribution is -0.384. The second-order valence-electron chi connectivity index (χ2n) is 3.75. The molecular formula is C10H13N3O5. The van der Waals surface area contributed by atoms with Crippen molar-refractivity contribution < 1.29 is 19.9 Å². The number of hydrogen-bond donors (Lipinski definition) is 4. The molecule has 0 saturated heterocycles. The summed E-state index contributed by atoms with van der Waals surface area (Å²) in [6.45, 7) is 0. The fourth-order valence-corrected chi connectivity index (χ4v) is 1.47. The molecule has 2 atom stereocenters. The van der Waals surface area contributed by atoms with Gasteiger partial charge in [0.05, 0.1) is 17.4 Å². The molecule has 98 valence electrons. The Kier molecular flexibility index (Phi) is 4.18. The summed E-state index contributed by atoms with van der Waals surface area (Å²) in [4.78, 5) is 20.5. The van der Waals surface area contributed by atoms with Crippen LogP contribution in [0.25, 0.3) is 0 Å². The first-order valence-electron chi connectivity index (χ1n) is 5.01. The van der Waals surface area contributed by atoms with Crippen molar-refractivity contribution in [2.75, 3.05) is 5.73 Å². The van der Waals surface area contributed by atoms with E-state index < -0.39 is 29.5 Å². The van der Waals surface area contributed by atoms with Gasteiger partial charge in [-0.3, -0.25) is 14.9 Å². The van der Waals surface area contributed by atoms with Gasteiger partial charge in [-0.15, -0.1) is 0 Å². The topological polar surface area (TPSA) is 153 Å². The van der Waals surface area contributed by atoms with Crippen molar-refractivity contribution in [3.8, 4) is 0 Å². The number of non-ortho nitro benzene ring substituents is 1. The average Bonchev–Trinajstić information content (AvgIpc) is 2.26. The number of amides is 1. The largest absolute Gasteiger partial charge is 0.398 e. The van der Waals surface area contributed by atoms with Crippen LogP contribution in [0.1, 0.15) is 18.1 Å². The predicted molar refractivity (Wildman–Crippen MR) is 62.3 cm³/mol. The first-order valence-corrected chi connectivity index (χ1v) is 5.01. The van der Waals surface area contributed by atoms with Crippen molar-refractivity contribution in [2.45, 2.75) is 18.6 Å². The maximum absolute atomic E-state index is 10.6. The van der Waals surface area contributed by atoms with Crippen LogP contribution in [0.5, 0.6) is 0 Å². The number of nitrogen functional groups attached to an aromatic ring is 1. The van der Waals surface area contributed by atoms with E-state index in [0.29, 0.717) is 0 Å². The number of nitro benzene ring substituents is 1. The summed E-state index contributed by atoms with van der Waals surface area (Å²) in [6.07, 6.45) is -3.28. The van der Waals surface area contributed by atoms with Gasteiger partial charge in [0, 0.05) is 23.4 Å². The Labute approximate surface area is 102 Å². The third kappa shape index (κ3) is 3.15. The Morgan fingerprint density at radius 2 is 2.06 bits per heavy atom. The number of nitro groups is 1. The summed E-state index contributed by atoms with van der Waals surface area (Å²) in [5.74, 6) is -0.776. The van der Waals surface area contributed by atoms with Crippen LogP contribution in [-0.2, 0) is 4.79 Å². The molecule has 1 aromatic carbocycles. The fraction of sp³-hybridized carbons (Fsp3) is 0.300. The molecule has 0 heterocycles. The molecule has 1 rings (SSSR count). The van der Waals surface area contributed by atoms with Crippen LogP contribution in [0.4, 0.5) is 11.4 Å². The molecule has 1 aromatic rings. The van der Waals surface area contributed by atoms with E-state index in [1.165, 1.54) is 6.07 Å². The summed E-state index contributed by atoms with van der Waals surface area (Å²) in [5, 5.41) is 29.7. The quantitative estimate of drug-likeness (QED) is 0.314. The van der Waals surface area contributed by atoms with Gasteiger partial charge in [0.2, 0.25) is 5.91 Å². The summed E-state index contributed by atoms with van der Waals surface area (Å²) in [6, 6.07) is 3.43. The number of nitrogens with two attached hydrogens (primary N) is 2. The first kappa shape index (κ1) is 13.9. The van der Waals surface area contributed by atoms with E-state index in [1.54, 1.807) is 0 Å². The van der Waals surface area contributed by atoms with E-state index in [0.717, 1.165) is 12.1 Å². The van der Waals surface area contributed by atoms with E-state index in [4.69, 9.17) is 11.5 Å². The molecule has 0 bridgehead atoms. The van der Waals surface area contributed by atoms with Gasteiger partial charge < -0.3 is 21.7 Å². The predicted octanol–water partition coefficient (Wildman–Crippen LogP) is -0.553. The van der Waals surface area contributed by atoms with Crippen molar-refractivity contribution in [1.29, 1.82) is 0 Å². The van der Waals surface area contributed by atoms with Crippen molar-refractivity contribution in [1.82, 2.24) is 0 Å². The number of carbonyl (C=O) groups is 1. The molecule has 0 saturated carbocycles. The lowest BCUT2D eigenvalue weighted by atomic mass is 10.00. The molecule has 0 spiro atoms. The van der Waals surface area contributed by atoms with Crippen molar-refractivity contribution in [2.24, 2.45) is 5.73 Å². The van der Waals surface area contributed by atoms with Crippen LogP contribution in [-0.4, -0.2) is 27.1 Å². The molecule has 0 aliphatic rings. The zero-order valence-corrected chi connectivity index (χ0v) is 9.31. The zero-order valence-electron chi connectivity index (χ0n) is 9.31. The van der Waals surface area contributed by atoms with Gasteiger partial charge in [0.1, 0.15) is 6.10 Å². The molecule has 8 heteroatoms. The third-order valence-corrected chi connectivity index (χ3v) is 2.37. The average molecular weight is 255 g/mol. The number of nitrogens with zero attached hydrogens (tertiary/aromatic N) is 1. The van der Waals surface area contributed by atoms with Crippen LogP contribution in [0.15, 0.2) is 18.2 Å². The molecule has 0 fully saturated rings. The Hall–Kier alpha value is -2.19. The van der Waals surface area contributed by atoms with E-state index in [9.17, 15) is 25.1 Å².